The van der Waals surface area contributed by atoms with Gasteiger partial charge in [-0.3, -0.25) is 9.80 Å². The molecule has 5 aliphatic heterocycles. The first-order valence-electron chi connectivity index (χ1n) is 18.2. The Hall–Kier alpha value is -4.04. The van der Waals surface area contributed by atoms with Crippen LogP contribution in [-0.4, -0.2) is 106 Å². The zero-order valence-corrected chi connectivity index (χ0v) is 30.2. The van der Waals surface area contributed by atoms with Crippen molar-refractivity contribution < 1.29 is 32.5 Å². The van der Waals surface area contributed by atoms with Gasteiger partial charge in [0.15, 0.2) is 5.82 Å². The van der Waals surface area contributed by atoms with Crippen molar-refractivity contribution in [3.63, 3.8) is 0 Å². The average molecular weight is 708 g/mol. The Kier molecular flexibility index (Phi) is 8.40. The Labute approximate surface area is 296 Å². The van der Waals surface area contributed by atoms with Crippen LogP contribution in [0.4, 0.5) is 25.1 Å². The van der Waals surface area contributed by atoms with E-state index in [0.717, 1.165) is 32.2 Å². The zero-order chi connectivity index (χ0) is 35.9. The number of rotatable bonds is 5. The molecule has 4 fully saturated rings. The van der Waals surface area contributed by atoms with E-state index in [0.29, 0.717) is 66.7 Å². The van der Waals surface area contributed by atoms with Gasteiger partial charge in [0.05, 0.1) is 37.0 Å². The Bertz CT molecular complexity index is 1890. The van der Waals surface area contributed by atoms with Gasteiger partial charge < -0.3 is 29.6 Å². The van der Waals surface area contributed by atoms with Crippen LogP contribution in [0.1, 0.15) is 71.4 Å². The molecule has 1 aromatic carbocycles. The number of piperazine rings is 1. The summed E-state index contributed by atoms with van der Waals surface area (Å²) in [5.74, 6) is -0.591. The van der Waals surface area contributed by atoms with E-state index in [4.69, 9.17) is 39.6 Å². The molecule has 14 heteroatoms. The molecule has 3 aromatic rings. The molecule has 0 saturated carbocycles. The number of carbonyl (C=O) groups excluding carboxylic acids is 1. The van der Waals surface area contributed by atoms with Crippen LogP contribution in [-0.2, 0) is 15.9 Å². The van der Waals surface area contributed by atoms with Crippen molar-refractivity contribution in [3.8, 4) is 23.1 Å². The Morgan fingerprint density at radius 2 is 1.88 bits per heavy atom. The van der Waals surface area contributed by atoms with Gasteiger partial charge in [0, 0.05) is 30.7 Å². The van der Waals surface area contributed by atoms with Crippen LogP contribution in [0.15, 0.2) is 6.07 Å². The van der Waals surface area contributed by atoms with Gasteiger partial charge in [0.1, 0.15) is 46.5 Å². The normalized spacial score (nSPS) is 27.2. The fourth-order valence-electron chi connectivity index (χ4n) is 9.05. The third-order valence-corrected chi connectivity index (χ3v) is 11.3. The third-order valence-electron chi connectivity index (χ3n) is 11.3. The number of pyridine rings is 1. The van der Waals surface area contributed by atoms with Gasteiger partial charge in [0.2, 0.25) is 5.88 Å². The third kappa shape index (κ3) is 5.69. The largest absolute Gasteiger partial charge is 0.472 e. The molecular weight excluding hydrogens is 660 g/mol. The van der Waals surface area contributed by atoms with Crippen LogP contribution in [0.5, 0.6) is 11.9 Å². The molecule has 7 heterocycles. The maximum atomic E-state index is 17.1. The molecule has 0 spiro atoms. The van der Waals surface area contributed by atoms with E-state index in [2.05, 4.69) is 9.80 Å². The molecule has 1 unspecified atom stereocenters. The highest BCUT2D eigenvalue weighted by Crippen LogP contribution is 2.47. The molecule has 0 aliphatic carbocycles. The summed E-state index contributed by atoms with van der Waals surface area (Å²) in [5.41, 5.74) is 6.63. The first kappa shape index (κ1) is 34.1. The van der Waals surface area contributed by atoms with Gasteiger partial charge in [0.25, 0.3) is 0 Å². The first-order chi connectivity index (χ1) is 24.3. The minimum absolute atomic E-state index is 0.000727. The maximum Gasteiger partial charge on any atom is 0.410 e. The topological polar surface area (TPSA) is 128 Å². The number of nitrogen functional groups attached to an aromatic ring is 1. The fourth-order valence-corrected chi connectivity index (χ4v) is 9.05. The van der Waals surface area contributed by atoms with Crippen molar-refractivity contribution in [3.05, 3.63) is 28.8 Å². The molecule has 8 rings (SSSR count). The van der Waals surface area contributed by atoms with Gasteiger partial charge in [-0.1, -0.05) is 6.92 Å². The Balaban J connectivity index is 1.25. The molecule has 4 saturated heterocycles. The molecule has 5 aliphatic rings. The number of amides is 1. The van der Waals surface area contributed by atoms with Gasteiger partial charge >= 0.3 is 12.1 Å². The highest BCUT2D eigenvalue weighted by atomic mass is 19.1. The van der Waals surface area contributed by atoms with E-state index in [1.807, 2.05) is 39.5 Å². The lowest BCUT2D eigenvalue weighted by Gasteiger charge is -2.48. The summed E-state index contributed by atoms with van der Waals surface area (Å²) >= 11 is 0. The number of ether oxygens (including phenoxy) is 4. The van der Waals surface area contributed by atoms with Gasteiger partial charge in [-0.2, -0.15) is 9.97 Å². The van der Waals surface area contributed by atoms with Crippen LogP contribution in [0.2, 0.25) is 0 Å². The smallest absolute Gasteiger partial charge is 0.410 e. The molecule has 274 valence electrons. The SMILES string of the molecule is CCc1c(C)c(-c2nc3c4c(nc(OC[C@@H]5CC[C@H]6COCCN65)nc4c2F)N2C[C@H]4CCC([C@H]2[C@H](C)O3)N4C(=O)OC(C)(C)C)cc(N)c1F. The highest BCUT2D eigenvalue weighted by molar-refractivity contribution is 5.97. The van der Waals surface area contributed by atoms with Crippen molar-refractivity contribution >= 4 is 28.5 Å². The quantitative estimate of drug-likeness (QED) is 0.343. The van der Waals surface area contributed by atoms with Gasteiger partial charge in [-0.15, -0.1) is 0 Å². The number of halogens is 2. The summed E-state index contributed by atoms with van der Waals surface area (Å²) in [6, 6.07) is 1.26. The lowest BCUT2D eigenvalue weighted by atomic mass is 9.95. The molecule has 2 bridgehead atoms. The van der Waals surface area contributed by atoms with Crippen molar-refractivity contribution in [2.45, 2.75) is 116 Å². The first-order valence-corrected chi connectivity index (χ1v) is 18.2. The molecule has 6 atom stereocenters. The number of hydrogen-bond acceptors (Lipinski definition) is 11. The number of nitrogens with zero attached hydrogens (tertiary/aromatic N) is 6. The summed E-state index contributed by atoms with van der Waals surface area (Å²) in [7, 11) is 0. The maximum absolute atomic E-state index is 17.1. The van der Waals surface area contributed by atoms with Crippen LogP contribution in [0, 0.1) is 18.6 Å². The van der Waals surface area contributed by atoms with Gasteiger partial charge in [-0.05, 0) is 83.9 Å². The number of hydrogen-bond donors (Lipinski definition) is 1. The van der Waals surface area contributed by atoms with E-state index in [1.54, 1.807) is 6.92 Å². The number of fused-ring (bicyclic) bond motifs is 6. The van der Waals surface area contributed by atoms with Gasteiger partial charge in [-0.25, -0.2) is 18.6 Å². The molecule has 12 nitrogen and oxygen atoms in total. The second-order valence-corrected chi connectivity index (χ2v) is 15.6. The van der Waals surface area contributed by atoms with Crippen LogP contribution >= 0.6 is 0 Å². The van der Waals surface area contributed by atoms with Crippen LogP contribution < -0.4 is 20.1 Å². The van der Waals surface area contributed by atoms with E-state index in [1.165, 1.54) is 6.07 Å². The number of aromatic nitrogens is 3. The predicted molar refractivity (Wildman–Crippen MR) is 187 cm³/mol. The fraction of sp³-hybridized carbons (Fsp3) is 0.622. The number of nitrogens with two attached hydrogens (primary N) is 1. The second kappa shape index (κ2) is 12.6. The minimum atomic E-state index is -0.697. The Morgan fingerprint density at radius 1 is 1.10 bits per heavy atom. The van der Waals surface area contributed by atoms with E-state index in [-0.39, 0.29) is 59.0 Å². The summed E-state index contributed by atoms with van der Waals surface area (Å²) in [4.78, 5) is 34.4. The van der Waals surface area contributed by atoms with Crippen LogP contribution in [0.25, 0.3) is 22.2 Å². The van der Waals surface area contributed by atoms with E-state index < -0.39 is 23.3 Å². The minimum Gasteiger partial charge on any atom is -0.472 e. The highest BCUT2D eigenvalue weighted by Gasteiger charge is 2.54. The molecule has 1 amide bonds. The predicted octanol–water partition coefficient (Wildman–Crippen LogP) is 5.40. The average Bonchev–Trinajstić information content (AvgIpc) is 3.61. The lowest BCUT2D eigenvalue weighted by Crippen LogP contribution is -2.65. The monoisotopic (exact) mass is 707 g/mol. The van der Waals surface area contributed by atoms with Crippen molar-refractivity contribution in [2.75, 3.05) is 43.5 Å². The van der Waals surface area contributed by atoms with Crippen LogP contribution in [0.3, 0.4) is 0 Å². The molecular formula is C37H47F2N7O5. The number of anilines is 2. The standard InChI is InChI=1S/C37H47F2N7O5/c1-7-23-18(2)24(14-25(40)28(23)38)30-29(39)31-27-33(43-35(42-31)49-17-22-9-8-21-16-48-13-12-44(21)22)45-15-20-10-11-26(32(45)19(3)50-34(27)41-30)46(20)36(47)51-37(4,5)6/h14,19-22,26,32H,7-13,15-17,40H2,1-6H3/t19-,20+,21-,22-,26?,32+/m0/s1. The lowest BCUT2D eigenvalue weighted by molar-refractivity contribution is -0.0101. The second-order valence-electron chi connectivity index (χ2n) is 15.6. The number of benzene rings is 1. The van der Waals surface area contributed by atoms with E-state index in [9.17, 15) is 4.79 Å². The van der Waals surface area contributed by atoms with Crippen molar-refractivity contribution in [1.29, 1.82) is 0 Å². The summed E-state index contributed by atoms with van der Waals surface area (Å²) < 4.78 is 56.7. The van der Waals surface area contributed by atoms with E-state index >= 15 is 8.78 Å². The Morgan fingerprint density at radius 3 is 2.65 bits per heavy atom. The summed E-state index contributed by atoms with van der Waals surface area (Å²) in [6.07, 6.45) is 3.02. The summed E-state index contributed by atoms with van der Waals surface area (Å²) in [6.45, 7) is 14.1. The molecule has 0 radical (unpaired) electrons. The molecule has 2 N–H and O–H groups in total. The van der Waals surface area contributed by atoms with Crippen molar-refractivity contribution in [2.24, 2.45) is 0 Å². The number of carbonyl (C=O) groups is 1. The summed E-state index contributed by atoms with van der Waals surface area (Å²) in [5, 5.41) is 0.334. The molecule has 51 heavy (non-hydrogen) atoms. The molecule has 2 aromatic heterocycles. The number of morpholine rings is 1. The van der Waals surface area contributed by atoms with Crippen molar-refractivity contribution in [1.82, 2.24) is 24.8 Å². The zero-order valence-electron chi connectivity index (χ0n) is 30.2.